The Morgan fingerprint density at radius 2 is 2.03 bits per heavy atom. The van der Waals surface area contributed by atoms with Gasteiger partial charge in [0.2, 0.25) is 5.71 Å². The average molecular weight is 405 g/mol. The third-order valence-corrected chi connectivity index (χ3v) is 4.69. The maximum atomic E-state index is 12.4. The van der Waals surface area contributed by atoms with Crippen molar-refractivity contribution in [2.75, 3.05) is 6.61 Å². The number of aromatic nitrogens is 2. The highest BCUT2D eigenvalue weighted by molar-refractivity contribution is 6.08. The molecule has 2 N–H and O–H groups in total. The lowest BCUT2D eigenvalue weighted by atomic mass is 10.00. The number of aryl methyl sites for hydroxylation is 2. The molecule has 0 spiro atoms. The first-order valence-corrected chi connectivity index (χ1v) is 8.67. The van der Waals surface area contributed by atoms with Gasteiger partial charge in [0, 0.05) is 7.05 Å². The van der Waals surface area contributed by atoms with E-state index in [4.69, 9.17) is 9.15 Å². The Bertz CT molecular complexity index is 1100. The fourth-order valence-corrected chi connectivity index (χ4v) is 2.82. The van der Waals surface area contributed by atoms with E-state index in [0.29, 0.717) is 11.4 Å². The van der Waals surface area contributed by atoms with Crippen LogP contribution in [0.15, 0.2) is 15.5 Å². The summed E-state index contributed by atoms with van der Waals surface area (Å²) in [6, 6.07) is -0.787. The van der Waals surface area contributed by atoms with Crippen LogP contribution in [-0.4, -0.2) is 50.5 Å². The lowest BCUT2D eigenvalue weighted by Gasteiger charge is -2.19. The second-order valence-electron chi connectivity index (χ2n) is 6.74. The SMILES string of the molecule is CCC1(C)NC(=O)N(NC(=O)COC(=O)c2c(C)oc3ncn(C)c(=O)c23)C1=O. The van der Waals surface area contributed by atoms with Crippen molar-refractivity contribution in [1.29, 1.82) is 0 Å². The fraction of sp³-hybridized carbons (Fsp3) is 0.412. The summed E-state index contributed by atoms with van der Waals surface area (Å²) in [6.45, 7) is 3.91. The quantitative estimate of drug-likeness (QED) is 0.510. The minimum absolute atomic E-state index is 0.0276. The fourth-order valence-electron chi connectivity index (χ4n) is 2.82. The van der Waals surface area contributed by atoms with E-state index in [9.17, 15) is 24.0 Å². The molecule has 1 fully saturated rings. The van der Waals surface area contributed by atoms with Crippen molar-refractivity contribution in [3.05, 3.63) is 28.0 Å². The van der Waals surface area contributed by atoms with Crippen molar-refractivity contribution in [3.63, 3.8) is 0 Å². The van der Waals surface area contributed by atoms with Crippen molar-refractivity contribution < 1.29 is 28.3 Å². The van der Waals surface area contributed by atoms with Gasteiger partial charge >= 0.3 is 12.0 Å². The number of fused-ring (bicyclic) bond motifs is 1. The van der Waals surface area contributed by atoms with E-state index in [1.807, 2.05) is 0 Å². The first-order valence-electron chi connectivity index (χ1n) is 8.67. The number of esters is 1. The number of furan rings is 1. The molecule has 2 aromatic rings. The number of nitrogens with one attached hydrogen (secondary N) is 2. The molecule has 0 saturated carbocycles. The predicted octanol–water partition coefficient (Wildman–Crippen LogP) is -0.257. The number of carbonyl (C=O) groups excluding carboxylic acids is 4. The highest BCUT2D eigenvalue weighted by Crippen LogP contribution is 2.22. The summed E-state index contributed by atoms with van der Waals surface area (Å²) < 4.78 is 11.4. The average Bonchev–Trinajstić information content (AvgIpc) is 3.12. The number of imide groups is 1. The van der Waals surface area contributed by atoms with Crippen LogP contribution in [0.5, 0.6) is 0 Å². The number of nitrogens with zero attached hydrogens (tertiary/aromatic N) is 3. The third kappa shape index (κ3) is 3.32. The molecule has 4 amide bonds. The second-order valence-corrected chi connectivity index (χ2v) is 6.74. The van der Waals surface area contributed by atoms with Gasteiger partial charge in [0.25, 0.3) is 17.4 Å². The van der Waals surface area contributed by atoms with E-state index < -0.39 is 41.5 Å². The maximum absolute atomic E-state index is 12.4. The maximum Gasteiger partial charge on any atom is 0.344 e. The zero-order valence-electron chi connectivity index (χ0n) is 16.2. The molecule has 1 saturated heterocycles. The van der Waals surface area contributed by atoms with Gasteiger partial charge in [-0.05, 0) is 20.3 Å². The minimum atomic E-state index is -1.12. The summed E-state index contributed by atoms with van der Waals surface area (Å²) in [4.78, 5) is 64.9. The molecule has 154 valence electrons. The Hall–Kier alpha value is -3.70. The number of hydrazine groups is 1. The largest absolute Gasteiger partial charge is 0.452 e. The van der Waals surface area contributed by atoms with Gasteiger partial charge in [0.1, 0.15) is 28.6 Å². The van der Waals surface area contributed by atoms with Crippen LogP contribution in [-0.2, 0) is 21.4 Å². The van der Waals surface area contributed by atoms with Crippen molar-refractivity contribution in [1.82, 2.24) is 25.3 Å². The van der Waals surface area contributed by atoms with Crippen LogP contribution in [0.2, 0.25) is 0 Å². The summed E-state index contributed by atoms with van der Waals surface area (Å²) in [5.41, 5.74) is 0.287. The summed E-state index contributed by atoms with van der Waals surface area (Å²) in [5, 5.41) is 2.95. The molecule has 3 heterocycles. The molecule has 29 heavy (non-hydrogen) atoms. The first-order chi connectivity index (χ1) is 13.6. The summed E-state index contributed by atoms with van der Waals surface area (Å²) in [7, 11) is 1.46. The Morgan fingerprint density at radius 3 is 2.66 bits per heavy atom. The van der Waals surface area contributed by atoms with Gasteiger partial charge in [0.05, 0.1) is 0 Å². The molecular formula is C17H19N5O7. The minimum Gasteiger partial charge on any atom is -0.452 e. The standard InChI is InChI=1S/C17H19N5O7/c1-5-17(3)15(26)22(16(27)19-17)20-9(23)6-28-14(25)10-8(2)29-12-11(10)13(24)21(4)7-18-12/h7H,5-6H2,1-4H3,(H,19,27)(H,20,23). The molecule has 0 radical (unpaired) electrons. The Balaban J connectivity index is 1.71. The van der Waals surface area contributed by atoms with Gasteiger partial charge < -0.3 is 19.0 Å². The molecule has 0 aromatic carbocycles. The van der Waals surface area contributed by atoms with Gasteiger partial charge in [0.15, 0.2) is 6.61 Å². The molecular weight excluding hydrogens is 386 g/mol. The van der Waals surface area contributed by atoms with E-state index in [2.05, 4.69) is 15.7 Å². The highest BCUT2D eigenvalue weighted by atomic mass is 16.5. The zero-order chi connectivity index (χ0) is 21.5. The Morgan fingerprint density at radius 1 is 1.34 bits per heavy atom. The van der Waals surface area contributed by atoms with E-state index in [1.165, 1.54) is 31.8 Å². The number of carbonyl (C=O) groups is 4. The van der Waals surface area contributed by atoms with E-state index in [-0.39, 0.29) is 22.4 Å². The van der Waals surface area contributed by atoms with Gasteiger partial charge in [-0.1, -0.05) is 6.92 Å². The Kier molecular flexibility index (Phi) is 4.86. The first kappa shape index (κ1) is 20.0. The molecule has 1 atom stereocenters. The van der Waals surface area contributed by atoms with E-state index in [0.717, 1.165) is 0 Å². The number of urea groups is 1. The van der Waals surface area contributed by atoms with Crippen molar-refractivity contribution in [2.24, 2.45) is 7.05 Å². The summed E-state index contributed by atoms with van der Waals surface area (Å²) >= 11 is 0. The van der Waals surface area contributed by atoms with Crippen LogP contribution in [0, 0.1) is 6.92 Å². The van der Waals surface area contributed by atoms with Crippen LogP contribution in [0.4, 0.5) is 4.79 Å². The number of hydrogen-bond acceptors (Lipinski definition) is 8. The van der Waals surface area contributed by atoms with Crippen LogP contribution in [0.1, 0.15) is 36.4 Å². The molecule has 12 nitrogen and oxygen atoms in total. The molecule has 12 heteroatoms. The van der Waals surface area contributed by atoms with Crippen LogP contribution in [0.25, 0.3) is 11.1 Å². The molecule has 1 aliphatic heterocycles. The highest BCUT2D eigenvalue weighted by Gasteiger charge is 2.47. The number of ether oxygens (including phenoxy) is 1. The van der Waals surface area contributed by atoms with Crippen molar-refractivity contribution in [2.45, 2.75) is 32.7 Å². The predicted molar refractivity (Wildman–Crippen MR) is 96.5 cm³/mol. The monoisotopic (exact) mass is 405 g/mol. The van der Waals surface area contributed by atoms with Crippen molar-refractivity contribution >= 4 is 34.9 Å². The molecule has 0 aliphatic carbocycles. The second kappa shape index (κ2) is 7.04. The van der Waals surface area contributed by atoms with Gasteiger partial charge in [-0.2, -0.15) is 5.01 Å². The van der Waals surface area contributed by atoms with Gasteiger partial charge in [-0.15, -0.1) is 0 Å². The number of hydrogen-bond donors (Lipinski definition) is 2. The topological polar surface area (TPSA) is 153 Å². The lowest BCUT2D eigenvalue weighted by Crippen LogP contribution is -2.49. The third-order valence-electron chi connectivity index (χ3n) is 4.69. The van der Waals surface area contributed by atoms with Crippen LogP contribution in [0.3, 0.4) is 0 Å². The molecule has 3 rings (SSSR count). The van der Waals surface area contributed by atoms with E-state index >= 15 is 0 Å². The summed E-state index contributed by atoms with van der Waals surface area (Å²) in [5.74, 6) is -2.40. The molecule has 1 unspecified atom stereocenters. The number of amides is 4. The normalized spacial score (nSPS) is 18.8. The summed E-state index contributed by atoms with van der Waals surface area (Å²) in [6.07, 6.45) is 1.58. The van der Waals surface area contributed by atoms with Crippen molar-refractivity contribution in [3.8, 4) is 0 Å². The van der Waals surface area contributed by atoms with E-state index in [1.54, 1.807) is 6.92 Å². The molecule has 1 aliphatic rings. The van der Waals surface area contributed by atoms with Crippen LogP contribution >= 0.6 is 0 Å². The van der Waals surface area contributed by atoms with Crippen LogP contribution < -0.4 is 16.3 Å². The Labute approximate surface area is 163 Å². The lowest BCUT2D eigenvalue weighted by molar-refractivity contribution is -0.139. The zero-order valence-corrected chi connectivity index (χ0v) is 16.2. The molecule has 0 bridgehead atoms. The van der Waals surface area contributed by atoms with Gasteiger partial charge in [-0.25, -0.2) is 14.6 Å². The van der Waals surface area contributed by atoms with Gasteiger partial charge in [-0.3, -0.25) is 19.8 Å². The smallest absolute Gasteiger partial charge is 0.344 e. The molecule has 2 aromatic heterocycles. The number of rotatable bonds is 5.